The number of hydrogen-bond donors (Lipinski definition) is 0. The van der Waals surface area contributed by atoms with Crippen LogP contribution in [-0.4, -0.2) is 6.08 Å². The second-order valence-corrected chi connectivity index (χ2v) is 3.24. The number of hydrogen-bond acceptors (Lipinski definition) is 2. The number of aliphatic imine (C=N–C) groups is 1. The predicted octanol–water partition coefficient (Wildman–Crippen LogP) is 3.98. The third-order valence-corrected chi connectivity index (χ3v) is 2.33. The first-order valence-electron chi connectivity index (χ1n) is 3.51. The molecule has 2 nitrogen and oxygen atoms in total. The van der Waals surface area contributed by atoms with E-state index in [4.69, 9.17) is 23.2 Å². The lowest BCUT2D eigenvalue weighted by Crippen LogP contribution is -2.05. The van der Waals surface area contributed by atoms with Crippen LogP contribution in [0.2, 0.25) is 10.0 Å². The highest BCUT2D eigenvalue weighted by atomic mass is 35.5. The summed E-state index contributed by atoms with van der Waals surface area (Å²) in [6.07, 6.45) is -3.65. The number of benzene rings is 1. The highest BCUT2D eigenvalue weighted by molar-refractivity contribution is 6.43. The molecule has 80 valence electrons. The van der Waals surface area contributed by atoms with Gasteiger partial charge in [-0.3, -0.25) is 0 Å². The smallest absolute Gasteiger partial charge is 0.211 e. The van der Waals surface area contributed by atoms with Crippen LogP contribution in [-0.2, 0) is 11.0 Å². The van der Waals surface area contributed by atoms with E-state index in [1.54, 1.807) is 0 Å². The highest BCUT2D eigenvalue weighted by Crippen LogP contribution is 2.42. The van der Waals surface area contributed by atoms with E-state index in [1.807, 2.05) is 0 Å². The Morgan fingerprint density at radius 3 is 2.33 bits per heavy atom. The molecule has 0 aliphatic heterocycles. The molecule has 0 unspecified atom stereocenters. The quantitative estimate of drug-likeness (QED) is 0.552. The standard InChI is InChI=1S/C8H2Cl2F3NO/c9-5-2-1-4(8(11,12)13)7(6(5)10)14-3-15/h1-2H. The Hall–Kier alpha value is -1.03. The molecule has 0 aliphatic carbocycles. The molecule has 0 spiro atoms. The van der Waals surface area contributed by atoms with Gasteiger partial charge in [0.05, 0.1) is 15.6 Å². The fraction of sp³-hybridized carbons (Fsp3) is 0.125. The van der Waals surface area contributed by atoms with Crippen LogP contribution in [0.25, 0.3) is 0 Å². The number of rotatable bonds is 1. The first-order valence-corrected chi connectivity index (χ1v) is 4.26. The monoisotopic (exact) mass is 255 g/mol. The van der Waals surface area contributed by atoms with E-state index in [0.29, 0.717) is 6.07 Å². The van der Waals surface area contributed by atoms with Crippen LogP contribution >= 0.6 is 23.2 Å². The molecule has 0 aliphatic rings. The second kappa shape index (κ2) is 4.23. The van der Waals surface area contributed by atoms with Gasteiger partial charge in [0.2, 0.25) is 6.08 Å². The van der Waals surface area contributed by atoms with E-state index in [0.717, 1.165) is 12.1 Å². The first kappa shape index (κ1) is 12.0. The number of isocyanates is 1. The van der Waals surface area contributed by atoms with Gasteiger partial charge in [0.25, 0.3) is 0 Å². The van der Waals surface area contributed by atoms with Crippen molar-refractivity contribution in [1.82, 2.24) is 0 Å². The molecule has 0 heterocycles. The average Bonchev–Trinajstić information content (AvgIpc) is 2.11. The zero-order chi connectivity index (χ0) is 11.6. The summed E-state index contributed by atoms with van der Waals surface area (Å²) in [6, 6.07) is 1.68. The Morgan fingerprint density at radius 1 is 1.27 bits per heavy atom. The topological polar surface area (TPSA) is 29.4 Å². The molecule has 1 rings (SSSR count). The normalized spacial score (nSPS) is 11.0. The van der Waals surface area contributed by atoms with E-state index < -0.39 is 22.4 Å². The molecule has 0 saturated heterocycles. The van der Waals surface area contributed by atoms with Crippen molar-refractivity contribution < 1.29 is 18.0 Å². The Bertz CT molecular complexity index is 438. The van der Waals surface area contributed by atoms with E-state index in [9.17, 15) is 18.0 Å². The van der Waals surface area contributed by atoms with Crippen LogP contribution in [0.3, 0.4) is 0 Å². The highest BCUT2D eigenvalue weighted by Gasteiger charge is 2.35. The molecule has 0 fully saturated rings. The summed E-state index contributed by atoms with van der Waals surface area (Å²) in [7, 11) is 0. The van der Waals surface area contributed by atoms with Crippen molar-refractivity contribution in [2.24, 2.45) is 4.99 Å². The fourth-order valence-corrected chi connectivity index (χ4v) is 1.28. The van der Waals surface area contributed by atoms with Crippen LogP contribution in [0.1, 0.15) is 5.56 Å². The third kappa shape index (κ3) is 2.50. The SMILES string of the molecule is O=C=Nc1c(C(F)(F)F)ccc(Cl)c1Cl. The molecular weight excluding hydrogens is 254 g/mol. The molecule has 1 aromatic rings. The van der Waals surface area contributed by atoms with Crippen molar-refractivity contribution in [1.29, 1.82) is 0 Å². The van der Waals surface area contributed by atoms with Crippen molar-refractivity contribution in [3.63, 3.8) is 0 Å². The summed E-state index contributed by atoms with van der Waals surface area (Å²) in [5.74, 6) is 0. The zero-order valence-corrected chi connectivity index (χ0v) is 8.41. The molecule has 1 aromatic carbocycles. The van der Waals surface area contributed by atoms with E-state index in [1.165, 1.54) is 0 Å². The Labute approximate surface area is 92.3 Å². The molecule has 0 radical (unpaired) electrons. The van der Waals surface area contributed by atoms with Crippen LogP contribution in [0.5, 0.6) is 0 Å². The van der Waals surface area contributed by atoms with E-state index in [2.05, 4.69) is 4.99 Å². The van der Waals surface area contributed by atoms with Gasteiger partial charge in [-0.15, -0.1) is 0 Å². The third-order valence-electron chi connectivity index (χ3n) is 1.53. The van der Waals surface area contributed by atoms with Gasteiger partial charge in [-0.2, -0.15) is 18.2 Å². The molecule has 0 aromatic heterocycles. The van der Waals surface area contributed by atoms with Gasteiger partial charge < -0.3 is 0 Å². The maximum absolute atomic E-state index is 12.4. The van der Waals surface area contributed by atoms with Crippen molar-refractivity contribution in [3.8, 4) is 0 Å². The number of alkyl halides is 3. The minimum absolute atomic E-state index is 0.112. The number of carbonyl (C=O) groups excluding carboxylic acids is 1. The van der Waals surface area contributed by atoms with Gasteiger partial charge in [0, 0.05) is 0 Å². The predicted molar refractivity (Wildman–Crippen MR) is 49.2 cm³/mol. The molecule has 0 saturated carbocycles. The van der Waals surface area contributed by atoms with Gasteiger partial charge in [0.15, 0.2) is 0 Å². The summed E-state index contributed by atoms with van der Waals surface area (Å²) in [6.45, 7) is 0. The lowest BCUT2D eigenvalue weighted by molar-refractivity contribution is -0.137. The van der Waals surface area contributed by atoms with Gasteiger partial charge in [-0.1, -0.05) is 23.2 Å². The van der Waals surface area contributed by atoms with Gasteiger partial charge in [-0.05, 0) is 12.1 Å². The molecule has 7 heteroatoms. The maximum atomic E-state index is 12.4. The van der Waals surface area contributed by atoms with Crippen molar-refractivity contribution in [3.05, 3.63) is 27.7 Å². The van der Waals surface area contributed by atoms with Crippen LogP contribution < -0.4 is 0 Å². The summed E-state index contributed by atoms with van der Waals surface area (Å²) in [5.41, 5.74) is -1.84. The Balaban J connectivity index is 3.54. The summed E-state index contributed by atoms with van der Waals surface area (Å²) < 4.78 is 37.2. The van der Waals surface area contributed by atoms with Gasteiger partial charge >= 0.3 is 6.18 Å². The molecular formula is C8H2Cl2F3NO. The molecule has 0 N–H and O–H groups in total. The zero-order valence-electron chi connectivity index (χ0n) is 6.90. The Morgan fingerprint density at radius 2 is 1.87 bits per heavy atom. The van der Waals surface area contributed by atoms with Crippen LogP contribution in [0.15, 0.2) is 17.1 Å². The molecule has 0 atom stereocenters. The lowest BCUT2D eigenvalue weighted by atomic mass is 10.2. The fourth-order valence-electron chi connectivity index (χ4n) is 0.924. The second-order valence-electron chi connectivity index (χ2n) is 2.46. The van der Waals surface area contributed by atoms with Gasteiger partial charge in [-0.25, -0.2) is 4.79 Å². The van der Waals surface area contributed by atoms with Gasteiger partial charge in [0.1, 0.15) is 5.69 Å². The lowest BCUT2D eigenvalue weighted by Gasteiger charge is -2.10. The maximum Gasteiger partial charge on any atom is 0.418 e. The van der Waals surface area contributed by atoms with Crippen LogP contribution in [0, 0.1) is 0 Å². The first-order chi connectivity index (χ1) is 6.88. The number of nitrogens with zero attached hydrogens (tertiary/aromatic N) is 1. The average molecular weight is 256 g/mol. The minimum Gasteiger partial charge on any atom is -0.211 e. The molecule has 15 heavy (non-hydrogen) atoms. The Kier molecular flexibility index (Phi) is 3.39. The van der Waals surface area contributed by atoms with E-state index >= 15 is 0 Å². The summed E-state index contributed by atoms with van der Waals surface area (Å²) in [5, 5.41) is -0.534. The summed E-state index contributed by atoms with van der Waals surface area (Å²) >= 11 is 11.0. The minimum atomic E-state index is -4.65. The largest absolute Gasteiger partial charge is 0.418 e. The van der Waals surface area contributed by atoms with E-state index in [-0.39, 0.29) is 5.02 Å². The summed E-state index contributed by atoms with van der Waals surface area (Å²) in [4.78, 5) is 12.8. The number of halogens is 5. The molecule has 0 bridgehead atoms. The van der Waals surface area contributed by atoms with Crippen molar-refractivity contribution in [2.45, 2.75) is 6.18 Å². The van der Waals surface area contributed by atoms with Crippen LogP contribution in [0.4, 0.5) is 18.9 Å². The molecule has 0 amide bonds. The van der Waals surface area contributed by atoms with Crippen molar-refractivity contribution in [2.75, 3.05) is 0 Å². The van der Waals surface area contributed by atoms with Crippen molar-refractivity contribution >= 4 is 35.0 Å².